The SMILES string of the molecule is CCN(CC)CCN(C(=O)c1ccc(S(=O)(=O)N(C)c2ccccc2)cc1)c1nc2cc(C)cc(C)c2s1. The second-order valence-electron chi connectivity index (χ2n) is 9.24. The Morgan fingerprint density at radius 3 is 2.21 bits per heavy atom. The highest BCUT2D eigenvalue weighted by Crippen LogP contribution is 2.33. The molecule has 7 nitrogen and oxygen atoms in total. The van der Waals surface area contributed by atoms with Gasteiger partial charge in [-0.15, -0.1) is 0 Å². The number of likely N-dealkylation sites (N-methyl/N-ethyl adjacent to an activating group) is 1. The fourth-order valence-electron chi connectivity index (χ4n) is 4.41. The van der Waals surface area contributed by atoms with Gasteiger partial charge >= 0.3 is 0 Å². The van der Waals surface area contributed by atoms with Crippen LogP contribution in [0.4, 0.5) is 10.8 Å². The number of hydrogen-bond acceptors (Lipinski definition) is 6. The minimum atomic E-state index is -3.77. The topological polar surface area (TPSA) is 73.8 Å². The van der Waals surface area contributed by atoms with Crippen LogP contribution in [0.5, 0.6) is 0 Å². The Balaban J connectivity index is 1.65. The molecule has 0 N–H and O–H groups in total. The van der Waals surface area contributed by atoms with Crippen molar-refractivity contribution in [1.29, 1.82) is 0 Å². The molecule has 0 saturated carbocycles. The van der Waals surface area contributed by atoms with E-state index in [-0.39, 0.29) is 10.8 Å². The third-order valence-corrected chi connectivity index (χ3v) is 9.73. The number of hydrogen-bond donors (Lipinski definition) is 0. The number of carbonyl (C=O) groups excluding carboxylic acids is 1. The molecule has 0 radical (unpaired) electrons. The number of nitrogens with zero attached hydrogens (tertiary/aromatic N) is 4. The Hall–Kier alpha value is -3.27. The molecular formula is C29H34N4O3S2. The first kappa shape index (κ1) is 27.8. The normalized spacial score (nSPS) is 11.7. The predicted molar refractivity (Wildman–Crippen MR) is 157 cm³/mol. The van der Waals surface area contributed by atoms with Crippen LogP contribution in [0.25, 0.3) is 10.2 Å². The summed E-state index contributed by atoms with van der Waals surface area (Å²) >= 11 is 1.51. The third kappa shape index (κ3) is 5.75. The first-order chi connectivity index (χ1) is 18.1. The van der Waals surface area contributed by atoms with Gasteiger partial charge in [0.25, 0.3) is 15.9 Å². The van der Waals surface area contributed by atoms with Gasteiger partial charge in [0.05, 0.1) is 20.8 Å². The van der Waals surface area contributed by atoms with Gasteiger partial charge in [-0.25, -0.2) is 13.4 Å². The van der Waals surface area contributed by atoms with E-state index < -0.39 is 10.0 Å². The minimum absolute atomic E-state index is 0.126. The zero-order valence-electron chi connectivity index (χ0n) is 22.5. The van der Waals surface area contributed by atoms with E-state index in [2.05, 4.69) is 31.7 Å². The number of aromatic nitrogens is 1. The summed E-state index contributed by atoms with van der Waals surface area (Å²) in [7, 11) is -2.25. The maximum atomic E-state index is 13.8. The fourth-order valence-corrected chi connectivity index (χ4v) is 6.64. The number of carbonyl (C=O) groups is 1. The Labute approximate surface area is 229 Å². The number of fused-ring (bicyclic) bond motifs is 1. The first-order valence-electron chi connectivity index (χ1n) is 12.7. The summed E-state index contributed by atoms with van der Waals surface area (Å²) in [6, 6.07) is 19.2. The molecule has 0 bridgehead atoms. The van der Waals surface area contributed by atoms with Gasteiger partial charge in [0.15, 0.2) is 5.13 Å². The molecule has 0 unspecified atom stereocenters. The van der Waals surface area contributed by atoms with Gasteiger partial charge in [-0.1, -0.05) is 49.4 Å². The van der Waals surface area contributed by atoms with E-state index in [4.69, 9.17) is 4.98 Å². The number of benzene rings is 3. The molecule has 0 aliphatic carbocycles. The van der Waals surface area contributed by atoms with Crippen LogP contribution in [-0.2, 0) is 10.0 Å². The molecule has 0 aliphatic rings. The molecule has 1 heterocycles. The highest BCUT2D eigenvalue weighted by atomic mass is 32.2. The van der Waals surface area contributed by atoms with Gasteiger partial charge < -0.3 is 4.90 Å². The van der Waals surface area contributed by atoms with Crippen molar-refractivity contribution in [2.75, 3.05) is 42.4 Å². The lowest BCUT2D eigenvalue weighted by molar-refractivity contribution is 0.0983. The van der Waals surface area contributed by atoms with E-state index in [0.717, 1.165) is 34.4 Å². The quantitative estimate of drug-likeness (QED) is 0.252. The highest BCUT2D eigenvalue weighted by Gasteiger charge is 2.25. The van der Waals surface area contributed by atoms with Crippen molar-refractivity contribution in [2.24, 2.45) is 0 Å². The number of rotatable bonds is 10. The Kier molecular flexibility index (Phi) is 8.50. The second-order valence-corrected chi connectivity index (χ2v) is 12.2. The molecule has 3 aromatic carbocycles. The molecule has 0 atom stereocenters. The number of amides is 1. The monoisotopic (exact) mass is 550 g/mol. The molecule has 0 fully saturated rings. The predicted octanol–water partition coefficient (Wildman–Crippen LogP) is 5.73. The molecule has 1 aromatic heterocycles. The zero-order chi connectivity index (χ0) is 27.4. The molecule has 200 valence electrons. The zero-order valence-corrected chi connectivity index (χ0v) is 24.1. The maximum Gasteiger partial charge on any atom is 0.264 e. The summed E-state index contributed by atoms with van der Waals surface area (Å²) in [6.07, 6.45) is 0. The number of sulfonamides is 1. The highest BCUT2D eigenvalue weighted by molar-refractivity contribution is 7.92. The smallest absolute Gasteiger partial charge is 0.264 e. The van der Waals surface area contributed by atoms with Crippen LogP contribution in [-0.4, -0.2) is 57.4 Å². The van der Waals surface area contributed by atoms with Crippen molar-refractivity contribution in [3.05, 3.63) is 83.4 Å². The van der Waals surface area contributed by atoms with Gasteiger partial charge in [-0.2, -0.15) is 0 Å². The van der Waals surface area contributed by atoms with Gasteiger partial charge in [-0.3, -0.25) is 14.0 Å². The lowest BCUT2D eigenvalue weighted by Gasteiger charge is -2.25. The molecule has 1 amide bonds. The lowest BCUT2D eigenvalue weighted by atomic mass is 10.1. The van der Waals surface area contributed by atoms with Crippen LogP contribution >= 0.6 is 11.3 Å². The van der Waals surface area contributed by atoms with Gasteiger partial charge in [0.2, 0.25) is 0 Å². The summed E-state index contributed by atoms with van der Waals surface area (Å²) in [5.41, 5.74) is 4.13. The largest absolute Gasteiger partial charge is 0.302 e. The molecule has 9 heteroatoms. The van der Waals surface area contributed by atoms with Crippen molar-refractivity contribution in [3.63, 3.8) is 0 Å². The number of aryl methyl sites for hydroxylation is 2. The van der Waals surface area contributed by atoms with E-state index in [9.17, 15) is 13.2 Å². The average Bonchev–Trinajstić information content (AvgIpc) is 3.35. The first-order valence-corrected chi connectivity index (χ1v) is 15.0. The van der Waals surface area contributed by atoms with Crippen LogP contribution in [0, 0.1) is 13.8 Å². The number of anilines is 2. The molecule has 0 spiro atoms. The fraction of sp³-hybridized carbons (Fsp3) is 0.310. The molecule has 4 rings (SSSR count). The minimum Gasteiger partial charge on any atom is -0.302 e. The van der Waals surface area contributed by atoms with Crippen LogP contribution in [0.15, 0.2) is 71.6 Å². The van der Waals surface area contributed by atoms with E-state index in [1.165, 1.54) is 34.8 Å². The Morgan fingerprint density at radius 2 is 1.58 bits per heavy atom. The summed E-state index contributed by atoms with van der Waals surface area (Å²) in [4.78, 5) is 22.7. The second kappa shape index (κ2) is 11.6. The van der Waals surface area contributed by atoms with Crippen molar-refractivity contribution in [1.82, 2.24) is 9.88 Å². The number of para-hydroxylation sites is 1. The molecule has 38 heavy (non-hydrogen) atoms. The Bertz CT molecular complexity index is 1510. The maximum absolute atomic E-state index is 13.8. The molecule has 4 aromatic rings. The summed E-state index contributed by atoms with van der Waals surface area (Å²) < 4.78 is 28.7. The number of thiazole rings is 1. The van der Waals surface area contributed by atoms with E-state index in [0.29, 0.717) is 29.5 Å². The van der Waals surface area contributed by atoms with Crippen LogP contribution in [0.2, 0.25) is 0 Å². The third-order valence-electron chi connectivity index (χ3n) is 6.70. The van der Waals surface area contributed by atoms with E-state index >= 15 is 0 Å². The Morgan fingerprint density at radius 1 is 0.921 bits per heavy atom. The van der Waals surface area contributed by atoms with Gasteiger partial charge in [0, 0.05) is 25.7 Å². The van der Waals surface area contributed by atoms with Crippen molar-refractivity contribution < 1.29 is 13.2 Å². The van der Waals surface area contributed by atoms with Crippen molar-refractivity contribution in [2.45, 2.75) is 32.6 Å². The molecule has 0 aliphatic heterocycles. The van der Waals surface area contributed by atoms with Crippen molar-refractivity contribution >= 4 is 48.3 Å². The van der Waals surface area contributed by atoms with Crippen LogP contribution < -0.4 is 9.21 Å². The van der Waals surface area contributed by atoms with Gasteiger partial charge in [-0.05, 0) is 80.5 Å². The molecular weight excluding hydrogens is 516 g/mol. The summed E-state index contributed by atoms with van der Waals surface area (Å²) in [6.45, 7) is 11.3. The van der Waals surface area contributed by atoms with Crippen LogP contribution in [0.3, 0.4) is 0 Å². The summed E-state index contributed by atoms with van der Waals surface area (Å²) in [5, 5.41) is 0.645. The van der Waals surface area contributed by atoms with Crippen LogP contribution in [0.1, 0.15) is 35.3 Å². The standard InChI is InChI=1S/C29H34N4O3S2/c1-6-32(7-2)17-18-33(29-30-26-20-21(3)19-22(4)27(26)37-29)28(34)23-13-15-25(16-14-23)38(35,36)31(5)24-11-9-8-10-12-24/h8-16,19-20H,6-7,17-18H2,1-5H3. The summed E-state index contributed by atoms with van der Waals surface area (Å²) in [5.74, 6) is -0.203. The molecule has 0 saturated heterocycles. The average molecular weight is 551 g/mol. The van der Waals surface area contributed by atoms with Gasteiger partial charge in [0.1, 0.15) is 0 Å². The van der Waals surface area contributed by atoms with E-state index in [1.54, 1.807) is 41.3 Å². The van der Waals surface area contributed by atoms with Crippen molar-refractivity contribution in [3.8, 4) is 0 Å². The lowest BCUT2D eigenvalue weighted by Crippen LogP contribution is -2.38. The van der Waals surface area contributed by atoms with E-state index in [1.807, 2.05) is 19.1 Å².